The van der Waals surface area contributed by atoms with Crippen LogP contribution in [0, 0.1) is 0 Å². The summed E-state index contributed by atoms with van der Waals surface area (Å²) in [7, 11) is 0. The Morgan fingerprint density at radius 1 is 0.824 bits per heavy atom. The zero-order valence-corrected chi connectivity index (χ0v) is 19.2. The first kappa shape index (κ1) is 22.1. The first-order valence-electron chi connectivity index (χ1n) is 11.2. The lowest BCUT2D eigenvalue weighted by atomic mass is 9.80. The van der Waals surface area contributed by atoms with E-state index in [1.165, 1.54) is 0 Å². The molecule has 1 aliphatic heterocycles. The molecule has 0 aliphatic carbocycles. The van der Waals surface area contributed by atoms with Gasteiger partial charge in [-0.3, -0.25) is 0 Å². The summed E-state index contributed by atoms with van der Waals surface area (Å²) in [6, 6.07) is 36.0. The van der Waals surface area contributed by atoms with Gasteiger partial charge in [0, 0.05) is 21.7 Å². The lowest BCUT2D eigenvalue weighted by Gasteiger charge is -2.37. The molecule has 0 bridgehead atoms. The van der Waals surface area contributed by atoms with Gasteiger partial charge in [0.05, 0.1) is 6.04 Å². The first-order chi connectivity index (χ1) is 16.6. The number of carbonyl (C=O) groups is 1. The molecule has 1 atom stereocenters. The van der Waals surface area contributed by atoms with Gasteiger partial charge < -0.3 is 14.8 Å². The Balaban J connectivity index is 1.58. The third-order valence-electron chi connectivity index (χ3n) is 6.03. The van der Waals surface area contributed by atoms with E-state index in [0.29, 0.717) is 23.8 Å². The Morgan fingerprint density at radius 3 is 1.97 bits per heavy atom. The van der Waals surface area contributed by atoms with E-state index in [1.54, 1.807) is 0 Å². The number of nitrogens with one attached hydrogen (secondary N) is 1. The van der Waals surface area contributed by atoms with Gasteiger partial charge in [-0.1, -0.05) is 103 Å². The van der Waals surface area contributed by atoms with Crippen molar-refractivity contribution in [3.8, 4) is 5.75 Å². The number of hydrogen-bond acceptors (Lipinski definition) is 3. The van der Waals surface area contributed by atoms with Gasteiger partial charge in [-0.15, -0.1) is 0 Å². The molecular weight excluding hydrogens is 446 g/mol. The van der Waals surface area contributed by atoms with E-state index in [2.05, 4.69) is 29.6 Å². The van der Waals surface area contributed by atoms with Crippen LogP contribution >= 0.6 is 11.6 Å². The molecule has 0 radical (unpaired) electrons. The van der Waals surface area contributed by atoms with Crippen LogP contribution in [-0.2, 0) is 16.8 Å². The number of alkyl carbamates (subject to hydrolysis) is 1. The molecule has 0 saturated carbocycles. The standard InChI is InChI=1S/C29H24ClNO3/c30-27-14-8-7-13-26(27)29(22-9-3-1-4-10-22,23-11-5-2-6-12-23)34-25-17-15-21(16-18-25)19-24-20-33-28(32)31-24/h1-18,24H,19-20H2,(H,31,32)/t24-/m0/s1. The highest BCUT2D eigenvalue weighted by atomic mass is 35.5. The Bertz CT molecular complexity index is 1220. The van der Waals surface area contributed by atoms with Crippen molar-refractivity contribution in [2.45, 2.75) is 18.1 Å². The quantitative estimate of drug-likeness (QED) is 0.320. The highest BCUT2D eigenvalue weighted by molar-refractivity contribution is 6.31. The molecule has 4 nitrogen and oxygen atoms in total. The number of rotatable bonds is 7. The van der Waals surface area contributed by atoms with Gasteiger partial charge in [-0.25, -0.2) is 4.79 Å². The third-order valence-corrected chi connectivity index (χ3v) is 6.36. The summed E-state index contributed by atoms with van der Waals surface area (Å²) in [5, 5.41) is 3.45. The molecule has 1 fully saturated rings. The Hall–Kier alpha value is -3.76. The minimum Gasteiger partial charge on any atom is -0.473 e. The van der Waals surface area contributed by atoms with Crippen LogP contribution in [0.15, 0.2) is 109 Å². The van der Waals surface area contributed by atoms with Crippen molar-refractivity contribution in [1.29, 1.82) is 0 Å². The lowest BCUT2D eigenvalue weighted by molar-refractivity contribution is 0.155. The largest absolute Gasteiger partial charge is 0.473 e. The highest BCUT2D eigenvalue weighted by Gasteiger charge is 2.40. The SMILES string of the molecule is O=C1N[C@@H](Cc2ccc(OC(c3ccccc3)(c3ccccc3)c3ccccc3Cl)cc2)CO1. The number of ether oxygens (including phenoxy) is 2. The average molecular weight is 470 g/mol. The molecule has 4 aromatic carbocycles. The fraction of sp³-hybridized carbons (Fsp3) is 0.138. The second kappa shape index (κ2) is 9.62. The highest BCUT2D eigenvalue weighted by Crippen LogP contribution is 2.43. The van der Waals surface area contributed by atoms with Gasteiger partial charge in [0.2, 0.25) is 0 Å². The summed E-state index contributed by atoms with van der Waals surface area (Å²) in [4.78, 5) is 11.3. The number of cyclic esters (lactones) is 1. The molecule has 0 aromatic heterocycles. The van der Waals surface area contributed by atoms with Crippen LogP contribution in [0.25, 0.3) is 0 Å². The summed E-state index contributed by atoms with van der Waals surface area (Å²) >= 11 is 6.78. The predicted molar refractivity (Wildman–Crippen MR) is 133 cm³/mol. The van der Waals surface area contributed by atoms with Crippen molar-refractivity contribution in [3.05, 3.63) is 136 Å². The molecule has 0 unspecified atom stereocenters. The molecule has 1 saturated heterocycles. The van der Waals surface area contributed by atoms with E-state index in [9.17, 15) is 4.79 Å². The smallest absolute Gasteiger partial charge is 0.407 e. The van der Waals surface area contributed by atoms with Gasteiger partial charge in [-0.2, -0.15) is 0 Å². The van der Waals surface area contributed by atoms with Gasteiger partial charge in [-0.05, 0) is 30.2 Å². The Kier molecular flexibility index (Phi) is 6.24. The van der Waals surface area contributed by atoms with Gasteiger partial charge >= 0.3 is 6.09 Å². The van der Waals surface area contributed by atoms with E-state index in [1.807, 2.05) is 84.9 Å². The van der Waals surface area contributed by atoms with E-state index in [0.717, 1.165) is 22.3 Å². The van der Waals surface area contributed by atoms with Crippen LogP contribution in [0.4, 0.5) is 4.79 Å². The normalized spacial score (nSPS) is 15.4. The molecule has 1 amide bonds. The zero-order valence-electron chi connectivity index (χ0n) is 18.5. The van der Waals surface area contributed by atoms with Crippen LogP contribution in [0.1, 0.15) is 22.3 Å². The maximum Gasteiger partial charge on any atom is 0.407 e. The summed E-state index contributed by atoms with van der Waals surface area (Å²) in [5.74, 6) is 0.711. The summed E-state index contributed by atoms with van der Waals surface area (Å²) in [6.07, 6.45) is 0.333. The Labute approximate surface area is 204 Å². The molecule has 1 heterocycles. The second-order valence-electron chi connectivity index (χ2n) is 8.28. The van der Waals surface area contributed by atoms with Crippen LogP contribution in [-0.4, -0.2) is 18.7 Å². The fourth-order valence-electron chi connectivity index (χ4n) is 4.43. The second-order valence-corrected chi connectivity index (χ2v) is 8.69. The minimum atomic E-state index is -0.949. The lowest BCUT2D eigenvalue weighted by Crippen LogP contribution is -2.36. The number of amides is 1. The van der Waals surface area contributed by atoms with E-state index < -0.39 is 5.60 Å². The van der Waals surface area contributed by atoms with Crippen molar-refractivity contribution in [3.63, 3.8) is 0 Å². The maximum absolute atomic E-state index is 11.3. The van der Waals surface area contributed by atoms with Crippen LogP contribution < -0.4 is 10.1 Å². The van der Waals surface area contributed by atoms with Crippen LogP contribution in [0.3, 0.4) is 0 Å². The van der Waals surface area contributed by atoms with Crippen molar-refractivity contribution >= 4 is 17.7 Å². The van der Waals surface area contributed by atoms with Crippen molar-refractivity contribution in [1.82, 2.24) is 5.32 Å². The van der Waals surface area contributed by atoms with Gasteiger partial charge in [0.1, 0.15) is 12.4 Å². The maximum atomic E-state index is 11.3. The number of halogens is 1. The van der Waals surface area contributed by atoms with Crippen LogP contribution in [0.5, 0.6) is 5.75 Å². The molecule has 170 valence electrons. The number of hydrogen-bond donors (Lipinski definition) is 1. The van der Waals surface area contributed by atoms with Crippen molar-refractivity contribution < 1.29 is 14.3 Å². The summed E-state index contributed by atoms with van der Waals surface area (Å²) in [6.45, 7) is 0.384. The van der Waals surface area contributed by atoms with Gasteiger partial charge in [0.25, 0.3) is 0 Å². The van der Waals surface area contributed by atoms with Crippen molar-refractivity contribution in [2.75, 3.05) is 6.61 Å². The summed E-state index contributed by atoms with van der Waals surface area (Å²) < 4.78 is 11.9. The van der Waals surface area contributed by atoms with E-state index in [-0.39, 0.29) is 12.1 Å². The Morgan fingerprint density at radius 2 is 1.41 bits per heavy atom. The van der Waals surface area contributed by atoms with Crippen LogP contribution in [0.2, 0.25) is 5.02 Å². The first-order valence-corrected chi connectivity index (χ1v) is 11.6. The fourth-order valence-corrected chi connectivity index (χ4v) is 4.70. The van der Waals surface area contributed by atoms with E-state index >= 15 is 0 Å². The number of benzene rings is 4. The molecule has 5 rings (SSSR count). The molecule has 1 aliphatic rings. The summed E-state index contributed by atoms with van der Waals surface area (Å²) in [5.41, 5.74) is 2.96. The predicted octanol–water partition coefficient (Wildman–Crippen LogP) is 6.36. The minimum absolute atomic E-state index is 0.0184. The van der Waals surface area contributed by atoms with Crippen molar-refractivity contribution in [2.24, 2.45) is 0 Å². The molecular formula is C29H24ClNO3. The third kappa shape index (κ3) is 4.37. The van der Waals surface area contributed by atoms with E-state index in [4.69, 9.17) is 21.1 Å². The molecule has 4 aromatic rings. The van der Waals surface area contributed by atoms with Gasteiger partial charge in [0.15, 0.2) is 5.60 Å². The topological polar surface area (TPSA) is 47.6 Å². The average Bonchev–Trinajstić information content (AvgIpc) is 3.29. The zero-order chi connectivity index (χ0) is 23.4. The molecule has 1 N–H and O–H groups in total. The monoisotopic (exact) mass is 469 g/mol. The molecule has 0 spiro atoms. The number of carbonyl (C=O) groups excluding carboxylic acids is 1. The molecule has 34 heavy (non-hydrogen) atoms. The molecule has 5 heteroatoms.